The van der Waals surface area contributed by atoms with Gasteiger partial charge in [-0.3, -0.25) is 0 Å². The standard InChI is InChI=1S/C20H28O5/c1-12(2)15-9-8-13(3)10-17(15)25-18(21)11-24-20(23)16-7-5-6-14(4)19(16)22/h5-7,12-13,15,17,22H,8-11H2,1-4H3/t13-,15+,17+/m0/s1. The number of phenols is 1. The van der Waals surface area contributed by atoms with Crippen LogP contribution in [0.1, 0.15) is 56.0 Å². The summed E-state index contributed by atoms with van der Waals surface area (Å²) < 4.78 is 10.6. The molecule has 5 nitrogen and oxygen atoms in total. The van der Waals surface area contributed by atoms with E-state index in [1.165, 1.54) is 6.07 Å². The van der Waals surface area contributed by atoms with Crippen LogP contribution in [0.5, 0.6) is 5.75 Å². The smallest absolute Gasteiger partial charge is 0.344 e. The molecule has 1 fully saturated rings. The highest BCUT2D eigenvalue weighted by Crippen LogP contribution is 2.35. The summed E-state index contributed by atoms with van der Waals surface area (Å²) in [5.41, 5.74) is 0.632. The number of hydrogen-bond donors (Lipinski definition) is 1. The molecule has 1 aliphatic carbocycles. The molecule has 3 atom stereocenters. The molecule has 138 valence electrons. The van der Waals surface area contributed by atoms with Crippen molar-refractivity contribution in [2.75, 3.05) is 6.61 Å². The summed E-state index contributed by atoms with van der Waals surface area (Å²) in [5, 5.41) is 9.90. The van der Waals surface area contributed by atoms with E-state index >= 15 is 0 Å². The largest absolute Gasteiger partial charge is 0.507 e. The average molecular weight is 348 g/mol. The molecule has 5 heteroatoms. The summed E-state index contributed by atoms with van der Waals surface area (Å²) >= 11 is 0. The third kappa shape index (κ3) is 4.97. The lowest BCUT2D eigenvalue weighted by Gasteiger charge is -2.36. The van der Waals surface area contributed by atoms with Crippen molar-refractivity contribution in [2.45, 2.75) is 53.1 Å². The molecule has 0 aromatic heterocycles. The van der Waals surface area contributed by atoms with Gasteiger partial charge in [0.25, 0.3) is 0 Å². The van der Waals surface area contributed by atoms with Crippen molar-refractivity contribution >= 4 is 11.9 Å². The van der Waals surface area contributed by atoms with Crippen LogP contribution in [0.25, 0.3) is 0 Å². The number of carbonyl (C=O) groups excluding carboxylic acids is 2. The Hall–Kier alpha value is -2.04. The van der Waals surface area contributed by atoms with Crippen LogP contribution in [0.4, 0.5) is 0 Å². The van der Waals surface area contributed by atoms with Crippen molar-refractivity contribution in [3.63, 3.8) is 0 Å². The molecule has 1 aromatic carbocycles. The molecule has 0 radical (unpaired) electrons. The number of para-hydroxylation sites is 1. The van der Waals surface area contributed by atoms with Crippen molar-refractivity contribution in [3.8, 4) is 5.75 Å². The fourth-order valence-electron chi connectivity index (χ4n) is 3.48. The number of ether oxygens (including phenoxy) is 2. The Bertz CT molecular complexity index is 623. The number of rotatable bonds is 5. The predicted octanol–water partition coefficient (Wildman–Crippen LogP) is 3.86. The minimum absolute atomic E-state index is 0.0548. The first-order chi connectivity index (χ1) is 11.8. The first kappa shape index (κ1) is 19.3. The monoisotopic (exact) mass is 348 g/mol. The van der Waals surface area contributed by atoms with Gasteiger partial charge in [-0.05, 0) is 49.1 Å². The zero-order valence-electron chi connectivity index (χ0n) is 15.5. The highest BCUT2D eigenvalue weighted by atomic mass is 16.6. The highest BCUT2D eigenvalue weighted by Gasteiger charge is 2.33. The maximum absolute atomic E-state index is 12.1. The van der Waals surface area contributed by atoms with Gasteiger partial charge >= 0.3 is 11.9 Å². The second-order valence-corrected chi connectivity index (χ2v) is 7.40. The Morgan fingerprint density at radius 3 is 2.68 bits per heavy atom. The molecule has 2 rings (SSSR count). The van der Waals surface area contributed by atoms with Crippen molar-refractivity contribution < 1.29 is 24.2 Å². The van der Waals surface area contributed by atoms with E-state index in [1.54, 1.807) is 19.1 Å². The van der Waals surface area contributed by atoms with E-state index < -0.39 is 18.5 Å². The number of hydrogen-bond acceptors (Lipinski definition) is 5. The zero-order valence-corrected chi connectivity index (χ0v) is 15.5. The number of benzene rings is 1. The highest BCUT2D eigenvalue weighted by molar-refractivity contribution is 5.93. The van der Waals surface area contributed by atoms with Gasteiger partial charge in [0.2, 0.25) is 0 Å². The Balaban J connectivity index is 1.91. The van der Waals surface area contributed by atoms with Gasteiger partial charge in [-0.2, -0.15) is 0 Å². The fraction of sp³-hybridized carbons (Fsp3) is 0.600. The first-order valence-electron chi connectivity index (χ1n) is 8.94. The number of carbonyl (C=O) groups is 2. The Labute approximate surface area is 149 Å². The molecule has 1 saturated carbocycles. The molecule has 0 aliphatic heterocycles. The lowest BCUT2D eigenvalue weighted by atomic mass is 9.75. The van der Waals surface area contributed by atoms with Crippen LogP contribution in [0.15, 0.2) is 18.2 Å². The predicted molar refractivity (Wildman–Crippen MR) is 94.3 cm³/mol. The molecule has 0 saturated heterocycles. The zero-order chi connectivity index (χ0) is 18.6. The molecule has 1 aromatic rings. The topological polar surface area (TPSA) is 72.8 Å². The number of esters is 2. The molecule has 1 N–H and O–H groups in total. The molecule has 25 heavy (non-hydrogen) atoms. The summed E-state index contributed by atoms with van der Waals surface area (Å²) in [6.07, 6.45) is 2.93. The van der Waals surface area contributed by atoms with Gasteiger partial charge in [0.05, 0.1) is 0 Å². The van der Waals surface area contributed by atoms with Gasteiger partial charge < -0.3 is 14.6 Å². The van der Waals surface area contributed by atoms with Gasteiger partial charge in [0.15, 0.2) is 6.61 Å². The van der Waals surface area contributed by atoms with Crippen LogP contribution in [0.3, 0.4) is 0 Å². The lowest BCUT2D eigenvalue weighted by Crippen LogP contribution is -2.36. The van der Waals surface area contributed by atoms with Gasteiger partial charge in [-0.1, -0.05) is 39.3 Å². The summed E-state index contributed by atoms with van der Waals surface area (Å²) in [7, 11) is 0. The van der Waals surface area contributed by atoms with E-state index in [0.717, 1.165) is 19.3 Å². The van der Waals surface area contributed by atoms with Gasteiger partial charge in [-0.15, -0.1) is 0 Å². The van der Waals surface area contributed by atoms with E-state index in [1.807, 2.05) is 0 Å². The number of aromatic hydroxyl groups is 1. The molecule has 1 aliphatic rings. The maximum atomic E-state index is 12.1. The Kier molecular flexibility index (Phi) is 6.45. The van der Waals surface area contributed by atoms with Crippen molar-refractivity contribution in [2.24, 2.45) is 17.8 Å². The minimum Gasteiger partial charge on any atom is -0.507 e. The number of aryl methyl sites for hydroxylation is 1. The van der Waals surface area contributed by atoms with Gasteiger partial charge in [0.1, 0.15) is 17.4 Å². The van der Waals surface area contributed by atoms with E-state index in [4.69, 9.17) is 9.47 Å². The normalized spacial score (nSPS) is 23.3. The van der Waals surface area contributed by atoms with Crippen LogP contribution in [-0.2, 0) is 14.3 Å². The van der Waals surface area contributed by atoms with Crippen LogP contribution < -0.4 is 0 Å². The minimum atomic E-state index is -0.726. The Morgan fingerprint density at radius 2 is 2.00 bits per heavy atom. The quantitative estimate of drug-likeness (QED) is 0.818. The van der Waals surface area contributed by atoms with Crippen LogP contribution in [0.2, 0.25) is 0 Å². The molecule has 0 unspecified atom stereocenters. The summed E-state index contributed by atoms with van der Waals surface area (Å²) in [4.78, 5) is 24.2. The third-order valence-corrected chi connectivity index (χ3v) is 5.02. The van der Waals surface area contributed by atoms with E-state index in [0.29, 0.717) is 23.3 Å². The van der Waals surface area contributed by atoms with Crippen LogP contribution in [0, 0.1) is 24.7 Å². The van der Waals surface area contributed by atoms with Crippen LogP contribution in [-0.4, -0.2) is 29.8 Å². The maximum Gasteiger partial charge on any atom is 0.344 e. The molecule has 0 heterocycles. The lowest BCUT2D eigenvalue weighted by molar-refractivity contribution is -0.159. The molecule has 0 bridgehead atoms. The second kappa shape index (κ2) is 8.37. The van der Waals surface area contributed by atoms with Crippen molar-refractivity contribution in [3.05, 3.63) is 29.3 Å². The van der Waals surface area contributed by atoms with Gasteiger partial charge in [0, 0.05) is 0 Å². The Morgan fingerprint density at radius 1 is 1.28 bits per heavy atom. The van der Waals surface area contributed by atoms with E-state index in [9.17, 15) is 14.7 Å². The van der Waals surface area contributed by atoms with Gasteiger partial charge in [-0.25, -0.2) is 9.59 Å². The van der Waals surface area contributed by atoms with Crippen LogP contribution >= 0.6 is 0 Å². The fourth-order valence-corrected chi connectivity index (χ4v) is 3.48. The summed E-state index contributed by atoms with van der Waals surface area (Å²) in [6, 6.07) is 4.81. The third-order valence-electron chi connectivity index (χ3n) is 5.02. The molecular weight excluding hydrogens is 320 g/mol. The van der Waals surface area contributed by atoms with E-state index in [-0.39, 0.29) is 17.4 Å². The molecule has 0 spiro atoms. The molecular formula is C20H28O5. The first-order valence-corrected chi connectivity index (χ1v) is 8.94. The summed E-state index contributed by atoms with van der Waals surface area (Å²) in [5.74, 6) is -0.0731. The van der Waals surface area contributed by atoms with Crippen molar-refractivity contribution in [1.82, 2.24) is 0 Å². The van der Waals surface area contributed by atoms with E-state index in [2.05, 4.69) is 20.8 Å². The molecule has 0 amide bonds. The van der Waals surface area contributed by atoms with Crippen molar-refractivity contribution in [1.29, 1.82) is 0 Å². The SMILES string of the molecule is Cc1cccc(C(=O)OCC(=O)O[C@@H]2C[C@@H](C)CC[C@@H]2C(C)C)c1O. The summed E-state index contributed by atoms with van der Waals surface area (Å²) in [6.45, 7) is 7.70. The average Bonchev–Trinajstić information content (AvgIpc) is 2.55. The number of phenolic OH excluding ortho intramolecular Hbond substituents is 1. The second-order valence-electron chi connectivity index (χ2n) is 7.40.